The van der Waals surface area contributed by atoms with Crippen molar-refractivity contribution in [3.05, 3.63) is 64.1 Å². The van der Waals surface area contributed by atoms with Gasteiger partial charge in [-0.05, 0) is 48.4 Å². The lowest BCUT2D eigenvalue weighted by atomic mass is 10.0. The zero-order chi connectivity index (χ0) is 16.1. The zero-order valence-corrected chi connectivity index (χ0v) is 14.9. The maximum atomic E-state index is 12.3. The van der Waals surface area contributed by atoms with E-state index in [9.17, 15) is 9.00 Å². The van der Waals surface area contributed by atoms with Crippen LogP contribution in [0.1, 0.15) is 35.3 Å². The number of benzene rings is 2. The number of hydrogen-bond acceptors (Lipinski definition) is 2. The third-order valence-electron chi connectivity index (χ3n) is 3.43. The summed E-state index contributed by atoms with van der Waals surface area (Å²) in [7, 11) is -1.03. The normalized spacial score (nSPS) is 13.4. The highest BCUT2D eigenvalue weighted by Crippen LogP contribution is 2.20. The van der Waals surface area contributed by atoms with Crippen molar-refractivity contribution < 1.29 is 9.00 Å². The number of rotatable bonds is 5. The molecule has 2 unspecified atom stereocenters. The molecule has 0 saturated heterocycles. The Kier molecular flexibility index (Phi) is 5.91. The summed E-state index contributed by atoms with van der Waals surface area (Å²) in [5, 5.41) is 3.04. The first-order valence-corrected chi connectivity index (χ1v) is 9.36. The molecule has 0 bridgehead atoms. The second-order valence-electron chi connectivity index (χ2n) is 4.96. The molecule has 5 heteroatoms. The summed E-state index contributed by atoms with van der Waals surface area (Å²) >= 11 is 3.41. The molecule has 0 aromatic heterocycles. The Hall–Kier alpha value is -1.46. The number of carbonyl (C=O) groups is 1. The number of halogens is 1. The summed E-state index contributed by atoms with van der Waals surface area (Å²) in [5.74, 6) is -0.122. The smallest absolute Gasteiger partial charge is 0.251 e. The minimum Gasteiger partial charge on any atom is -0.345 e. The summed E-state index contributed by atoms with van der Waals surface area (Å²) in [6, 6.07) is 14.8. The van der Waals surface area contributed by atoms with Crippen molar-refractivity contribution >= 4 is 32.6 Å². The Morgan fingerprint density at radius 1 is 1.14 bits per heavy atom. The highest BCUT2D eigenvalue weighted by molar-refractivity contribution is 9.10. The predicted molar refractivity (Wildman–Crippen MR) is 93.4 cm³/mol. The average Bonchev–Trinajstić information content (AvgIpc) is 2.53. The van der Waals surface area contributed by atoms with Crippen LogP contribution < -0.4 is 5.32 Å². The molecule has 1 N–H and O–H groups in total. The van der Waals surface area contributed by atoms with E-state index in [2.05, 4.69) is 21.2 Å². The van der Waals surface area contributed by atoms with Crippen LogP contribution in [0.3, 0.4) is 0 Å². The molecule has 0 saturated carbocycles. The van der Waals surface area contributed by atoms with Crippen molar-refractivity contribution in [2.75, 3.05) is 6.26 Å². The second kappa shape index (κ2) is 7.70. The van der Waals surface area contributed by atoms with Crippen molar-refractivity contribution in [2.24, 2.45) is 0 Å². The van der Waals surface area contributed by atoms with E-state index in [1.807, 2.05) is 31.2 Å². The summed E-state index contributed by atoms with van der Waals surface area (Å²) in [5.41, 5.74) is 1.65. The fourth-order valence-electron chi connectivity index (χ4n) is 2.16. The topological polar surface area (TPSA) is 46.2 Å². The Morgan fingerprint density at radius 2 is 1.73 bits per heavy atom. The standard InChI is InChI=1S/C17H18BrNO2S/c1-3-16(12-4-8-14(18)9-5-12)19-17(20)13-6-10-15(11-7-13)22(2)21/h4-11,16H,3H2,1-2H3,(H,19,20). The van der Waals surface area contributed by atoms with Gasteiger partial charge < -0.3 is 5.32 Å². The van der Waals surface area contributed by atoms with Crippen molar-refractivity contribution in [1.29, 1.82) is 0 Å². The lowest BCUT2D eigenvalue weighted by molar-refractivity contribution is 0.0935. The molecule has 0 spiro atoms. The first-order valence-electron chi connectivity index (χ1n) is 7.01. The quantitative estimate of drug-likeness (QED) is 0.850. The molecule has 0 radical (unpaired) electrons. The van der Waals surface area contributed by atoms with Crippen molar-refractivity contribution in [3.63, 3.8) is 0 Å². The van der Waals surface area contributed by atoms with E-state index in [0.717, 1.165) is 21.4 Å². The monoisotopic (exact) mass is 379 g/mol. The van der Waals surface area contributed by atoms with E-state index in [4.69, 9.17) is 0 Å². The van der Waals surface area contributed by atoms with Crippen molar-refractivity contribution in [2.45, 2.75) is 24.3 Å². The zero-order valence-electron chi connectivity index (χ0n) is 12.5. The van der Waals surface area contributed by atoms with Crippen LogP contribution in [0, 0.1) is 0 Å². The van der Waals surface area contributed by atoms with Gasteiger partial charge in [-0.25, -0.2) is 0 Å². The summed E-state index contributed by atoms with van der Waals surface area (Å²) in [4.78, 5) is 13.1. The van der Waals surface area contributed by atoms with Crippen LogP contribution in [-0.2, 0) is 10.8 Å². The lowest BCUT2D eigenvalue weighted by Gasteiger charge is -2.17. The molecule has 0 aliphatic rings. The van der Waals surface area contributed by atoms with E-state index in [-0.39, 0.29) is 11.9 Å². The number of nitrogens with one attached hydrogen (secondary N) is 1. The third kappa shape index (κ3) is 4.27. The molecule has 22 heavy (non-hydrogen) atoms. The fraction of sp³-hybridized carbons (Fsp3) is 0.235. The van der Waals surface area contributed by atoms with Gasteiger partial charge in [0, 0.05) is 32.0 Å². The molecule has 0 aliphatic carbocycles. The highest BCUT2D eigenvalue weighted by Gasteiger charge is 2.14. The summed E-state index contributed by atoms with van der Waals surface area (Å²) < 4.78 is 12.4. The largest absolute Gasteiger partial charge is 0.345 e. The van der Waals surface area contributed by atoms with Gasteiger partial charge in [-0.2, -0.15) is 0 Å². The van der Waals surface area contributed by atoms with Crippen LogP contribution >= 0.6 is 15.9 Å². The van der Waals surface area contributed by atoms with E-state index in [1.165, 1.54) is 0 Å². The summed E-state index contributed by atoms with van der Waals surface area (Å²) in [6.45, 7) is 2.04. The van der Waals surface area contributed by atoms with E-state index >= 15 is 0 Å². The van der Waals surface area contributed by atoms with Gasteiger partial charge >= 0.3 is 0 Å². The number of carbonyl (C=O) groups excluding carboxylic acids is 1. The van der Waals surface area contributed by atoms with Crippen molar-refractivity contribution in [3.8, 4) is 0 Å². The molecule has 2 aromatic rings. The highest BCUT2D eigenvalue weighted by atomic mass is 79.9. The molecular weight excluding hydrogens is 362 g/mol. The minimum absolute atomic E-state index is 0.0272. The van der Waals surface area contributed by atoms with E-state index < -0.39 is 10.8 Å². The molecule has 2 rings (SSSR count). The van der Waals surface area contributed by atoms with E-state index in [0.29, 0.717) is 5.56 Å². The Labute approximate surface area is 141 Å². The average molecular weight is 380 g/mol. The number of amides is 1. The van der Waals surface area contributed by atoms with Crippen LogP contribution in [0.15, 0.2) is 57.9 Å². The maximum Gasteiger partial charge on any atom is 0.251 e. The molecule has 2 aromatic carbocycles. The molecule has 2 atom stereocenters. The van der Waals surface area contributed by atoms with E-state index in [1.54, 1.807) is 30.5 Å². The van der Waals surface area contributed by atoms with Crippen LogP contribution in [0.2, 0.25) is 0 Å². The maximum absolute atomic E-state index is 12.3. The number of hydrogen-bond donors (Lipinski definition) is 1. The van der Waals surface area contributed by atoms with Gasteiger partial charge in [-0.1, -0.05) is 35.0 Å². The van der Waals surface area contributed by atoms with Gasteiger partial charge in [0.25, 0.3) is 5.91 Å². The molecular formula is C17H18BrNO2S. The van der Waals surface area contributed by atoms with Gasteiger partial charge in [0.05, 0.1) is 6.04 Å². The van der Waals surface area contributed by atoms with Gasteiger partial charge in [0.1, 0.15) is 0 Å². The van der Waals surface area contributed by atoms with Crippen LogP contribution in [-0.4, -0.2) is 16.4 Å². The molecule has 3 nitrogen and oxygen atoms in total. The summed E-state index contributed by atoms with van der Waals surface area (Å²) in [6.07, 6.45) is 2.43. The fourth-order valence-corrected chi connectivity index (χ4v) is 2.94. The Balaban J connectivity index is 2.11. The van der Waals surface area contributed by atoms with Gasteiger partial charge in [-0.15, -0.1) is 0 Å². The van der Waals surface area contributed by atoms with Crippen LogP contribution in [0.25, 0.3) is 0 Å². The van der Waals surface area contributed by atoms with Crippen molar-refractivity contribution in [1.82, 2.24) is 5.32 Å². The van der Waals surface area contributed by atoms with Crippen LogP contribution in [0.4, 0.5) is 0 Å². The Morgan fingerprint density at radius 3 is 2.23 bits per heavy atom. The third-order valence-corrected chi connectivity index (χ3v) is 4.90. The predicted octanol–water partition coefficient (Wildman–Crippen LogP) is 4.07. The van der Waals surface area contributed by atoms with Crippen LogP contribution in [0.5, 0.6) is 0 Å². The molecule has 116 valence electrons. The first kappa shape index (κ1) is 16.9. The van der Waals surface area contributed by atoms with Gasteiger partial charge in [0.15, 0.2) is 0 Å². The Bertz CT molecular complexity index is 668. The lowest BCUT2D eigenvalue weighted by Crippen LogP contribution is -2.28. The minimum atomic E-state index is -1.03. The molecule has 0 heterocycles. The second-order valence-corrected chi connectivity index (χ2v) is 7.26. The molecule has 1 amide bonds. The first-order chi connectivity index (χ1) is 10.5. The van der Waals surface area contributed by atoms with Gasteiger partial charge in [-0.3, -0.25) is 9.00 Å². The van der Waals surface area contributed by atoms with Gasteiger partial charge in [0.2, 0.25) is 0 Å². The molecule has 0 aliphatic heterocycles. The SMILES string of the molecule is CCC(NC(=O)c1ccc(S(C)=O)cc1)c1ccc(Br)cc1. The molecule has 0 fully saturated rings.